The summed E-state index contributed by atoms with van der Waals surface area (Å²) in [5, 5.41) is 0. The SMILES string of the molecule is FCc1cccc2sc[n+](Cc3ccccc3)c12.Fc1c(F)c(F)c([B-](c2c(F)c(F)c(F)c(F)c2F)(c2c(F)c(F)c(F)c(F)c2F)c2c(F)c(F)c(F)c(F)c2F)c(F)c1F. The molecule has 7 rings (SSSR count). The van der Waals surface area contributed by atoms with Crippen molar-refractivity contribution in [2.75, 3.05) is 0 Å². The lowest BCUT2D eigenvalue weighted by molar-refractivity contribution is -0.658. The van der Waals surface area contributed by atoms with Crippen LogP contribution in [0.15, 0.2) is 54.0 Å². The predicted octanol–water partition coefficient (Wildman–Crippen LogP) is 9.55. The van der Waals surface area contributed by atoms with E-state index in [1.165, 1.54) is 5.56 Å². The maximum atomic E-state index is 15.4. The summed E-state index contributed by atoms with van der Waals surface area (Å²) in [7, 11) is 0. The fraction of sp³-hybridized carbons (Fsp3) is 0.0513. The standard InChI is InChI=1S/C24BF20.C15H13FNS/c26-5-1(6(27)14(35)21(42)13(5)34)25(2-7(28)15(36)22(43)16(37)8(2)29,3-9(30)17(38)23(44)18(39)10(3)31)4-11(32)19(40)24(45)20(41)12(4)33;16-9-13-7-4-8-14-15(13)17(11-18-14)10-12-5-2-1-3-6-12/h;1-8,11H,9-10H2/q-1;+1. The summed E-state index contributed by atoms with van der Waals surface area (Å²) in [6, 6.07) is 16.1. The zero-order valence-electron chi connectivity index (χ0n) is 30.0. The van der Waals surface area contributed by atoms with Crippen LogP contribution in [0.25, 0.3) is 10.2 Å². The van der Waals surface area contributed by atoms with E-state index in [0.29, 0.717) is 0 Å². The summed E-state index contributed by atoms with van der Waals surface area (Å²) in [6.45, 7) is 0.376. The lowest BCUT2D eigenvalue weighted by Crippen LogP contribution is -2.81. The predicted molar refractivity (Wildman–Crippen MR) is 182 cm³/mol. The van der Waals surface area contributed by atoms with Gasteiger partial charge in [0.1, 0.15) is 64.1 Å². The minimum Gasteiger partial charge on any atom is -0.246 e. The van der Waals surface area contributed by atoms with Gasteiger partial charge in [0.05, 0.1) is 5.56 Å². The third-order valence-electron chi connectivity index (χ3n) is 9.72. The van der Waals surface area contributed by atoms with E-state index in [1.807, 2.05) is 36.4 Å². The van der Waals surface area contributed by atoms with Gasteiger partial charge in [-0.3, -0.25) is 0 Å². The molecule has 1 nitrogen and oxygen atoms in total. The number of hydrogen-bond donors (Lipinski definition) is 0. The van der Waals surface area contributed by atoms with Crippen LogP contribution in [-0.4, -0.2) is 6.15 Å². The molecule has 0 aliphatic heterocycles. The van der Waals surface area contributed by atoms with Crippen LogP contribution in [0.3, 0.4) is 0 Å². The van der Waals surface area contributed by atoms with Gasteiger partial charge >= 0.3 is 0 Å². The Morgan fingerprint density at radius 1 is 0.365 bits per heavy atom. The summed E-state index contributed by atoms with van der Waals surface area (Å²) in [5.74, 6) is -71.4. The van der Waals surface area contributed by atoms with E-state index in [9.17, 15) is 57.1 Å². The van der Waals surface area contributed by atoms with Crippen molar-refractivity contribution in [3.8, 4) is 0 Å². The van der Waals surface area contributed by atoms with E-state index in [0.717, 1.165) is 22.3 Å². The fourth-order valence-corrected chi connectivity index (χ4v) is 7.98. The topological polar surface area (TPSA) is 3.88 Å². The van der Waals surface area contributed by atoms with Crippen LogP contribution in [0, 0.1) is 116 Å². The molecule has 0 saturated heterocycles. The summed E-state index contributed by atoms with van der Waals surface area (Å²) < 4.78 is 310. The van der Waals surface area contributed by atoms with Crippen LogP contribution in [-0.2, 0) is 13.2 Å². The van der Waals surface area contributed by atoms with Crippen LogP contribution in [0.4, 0.5) is 92.2 Å². The van der Waals surface area contributed by atoms with Crippen molar-refractivity contribution < 1.29 is 96.8 Å². The van der Waals surface area contributed by atoms with Crippen LogP contribution in [0.5, 0.6) is 0 Å². The zero-order chi connectivity index (χ0) is 46.7. The second-order valence-electron chi connectivity index (χ2n) is 13.0. The molecule has 63 heavy (non-hydrogen) atoms. The van der Waals surface area contributed by atoms with E-state index < -0.39 is 151 Å². The highest BCUT2D eigenvalue weighted by molar-refractivity contribution is 7.20. The first-order chi connectivity index (χ1) is 29.6. The molecule has 0 amide bonds. The van der Waals surface area contributed by atoms with Crippen LogP contribution in [0.1, 0.15) is 11.1 Å². The quantitative estimate of drug-likeness (QED) is 0.0494. The lowest BCUT2D eigenvalue weighted by Gasteiger charge is -2.44. The van der Waals surface area contributed by atoms with Gasteiger partial charge in [-0.15, -0.1) is 21.9 Å². The van der Waals surface area contributed by atoms with Gasteiger partial charge in [-0.05, 0) is 12.1 Å². The molecule has 0 radical (unpaired) electrons. The molecule has 0 aliphatic rings. The largest absolute Gasteiger partial charge is 0.246 e. The van der Waals surface area contributed by atoms with Gasteiger partial charge in [-0.2, -0.15) is 4.57 Å². The first kappa shape index (κ1) is 46.3. The van der Waals surface area contributed by atoms with Crippen molar-refractivity contribution in [3.05, 3.63) is 182 Å². The Morgan fingerprint density at radius 2 is 0.667 bits per heavy atom. The third kappa shape index (κ3) is 7.10. The Hall–Kier alpha value is -6.20. The smallest absolute Gasteiger partial charge is 0.229 e. The molecule has 0 bridgehead atoms. The molecule has 7 aromatic rings. The minimum absolute atomic E-state index is 0.414. The number of para-hydroxylation sites is 1. The molecule has 0 atom stereocenters. The maximum absolute atomic E-state index is 15.4. The number of fused-ring (bicyclic) bond motifs is 1. The molecule has 0 spiro atoms. The number of alkyl halides is 1. The summed E-state index contributed by atoms with van der Waals surface area (Å²) in [6.07, 6.45) is -7.22. The number of benzene rings is 6. The van der Waals surface area contributed by atoms with E-state index in [-0.39, 0.29) is 0 Å². The molecule has 0 unspecified atom stereocenters. The Labute approximate surface area is 340 Å². The number of rotatable bonds is 7. The summed E-state index contributed by atoms with van der Waals surface area (Å²) >= 11 is 1.66. The van der Waals surface area contributed by atoms with Gasteiger partial charge in [-0.25, -0.2) is 92.2 Å². The van der Waals surface area contributed by atoms with Crippen LogP contribution in [0.2, 0.25) is 0 Å². The van der Waals surface area contributed by atoms with E-state index in [1.54, 1.807) is 11.3 Å². The molecule has 1 heterocycles. The van der Waals surface area contributed by atoms with E-state index in [2.05, 4.69) is 22.2 Å². The lowest BCUT2D eigenvalue weighted by atomic mass is 9.12. The number of aromatic nitrogens is 1. The number of thiazole rings is 1. The van der Waals surface area contributed by atoms with Gasteiger partial charge in [0.2, 0.25) is 11.0 Å². The number of halogens is 21. The van der Waals surface area contributed by atoms with Crippen molar-refractivity contribution in [1.29, 1.82) is 0 Å². The molecule has 330 valence electrons. The van der Waals surface area contributed by atoms with Crippen molar-refractivity contribution in [3.63, 3.8) is 0 Å². The monoisotopic (exact) mass is 937 g/mol. The van der Waals surface area contributed by atoms with Crippen molar-refractivity contribution in [2.45, 2.75) is 13.2 Å². The summed E-state index contributed by atoms with van der Waals surface area (Å²) in [4.78, 5) is 0. The normalized spacial score (nSPS) is 11.7. The molecular weight excluding hydrogens is 924 g/mol. The van der Waals surface area contributed by atoms with Crippen LogP contribution < -0.4 is 26.4 Å². The molecule has 1 aromatic heterocycles. The summed E-state index contributed by atoms with van der Waals surface area (Å²) in [5.41, 5.74) is -9.24. The number of hydrogen-bond acceptors (Lipinski definition) is 1. The van der Waals surface area contributed by atoms with Gasteiger partial charge < -0.3 is 0 Å². The van der Waals surface area contributed by atoms with Gasteiger partial charge in [-0.1, -0.05) is 47.7 Å². The molecule has 0 N–H and O–H groups in total. The average molecular weight is 937 g/mol. The van der Waals surface area contributed by atoms with Gasteiger partial charge in [0.25, 0.3) is 0 Å². The molecule has 0 fully saturated rings. The third-order valence-corrected chi connectivity index (χ3v) is 10.7. The first-order valence-corrected chi connectivity index (χ1v) is 17.7. The van der Waals surface area contributed by atoms with Crippen molar-refractivity contribution in [2.24, 2.45) is 0 Å². The molecular formula is C39H13BF21NS. The zero-order valence-corrected chi connectivity index (χ0v) is 30.8. The highest BCUT2D eigenvalue weighted by Gasteiger charge is 2.52. The Kier molecular flexibility index (Phi) is 12.6. The van der Waals surface area contributed by atoms with Crippen LogP contribution >= 0.6 is 11.3 Å². The second-order valence-corrected chi connectivity index (χ2v) is 13.9. The molecule has 0 aliphatic carbocycles. The number of nitrogens with zero attached hydrogens (tertiary/aromatic N) is 1. The van der Waals surface area contributed by atoms with Crippen molar-refractivity contribution >= 4 is 49.6 Å². The molecule has 6 aromatic carbocycles. The minimum atomic E-state index is -7.22. The highest BCUT2D eigenvalue weighted by atomic mass is 32.1. The average Bonchev–Trinajstić information content (AvgIpc) is 3.69. The molecule has 0 saturated carbocycles. The fourth-order valence-electron chi connectivity index (χ4n) is 7.04. The van der Waals surface area contributed by atoms with Gasteiger partial charge in [0, 0.05) is 5.56 Å². The van der Waals surface area contributed by atoms with Gasteiger partial charge in [0.15, 0.2) is 76.4 Å². The molecule has 24 heteroatoms. The Balaban J connectivity index is 0.000000302. The van der Waals surface area contributed by atoms with E-state index in [4.69, 9.17) is 0 Å². The second kappa shape index (κ2) is 17.2. The maximum Gasteiger partial charge on any atom is 0.229 e. The Morgan fingerprint density at radius 3 is 0.968 bits per heavy atom. The Bertz CT molecular complexity index is 2590. The highest BCUT2D eigenvalue weighted by Crippen LogP contribution is 2.31. The van der Waals surface area contributed by atoms with E-state index >= 15 is 35.1 Å². The van der Waals surface area contributed by atoms with Crippen molar-refractivity contribution in [1.82, 2.24) is 0 Å². The first-order valence-electron chi connectivity index (χ1n) is 16.8.